The van der Waals surface area contributed by atoms with E-state index < -0.39 is 6.16 Å². The molecule has 1 amide bonds. The fourth-order valence-electron chi connectivity index (χ4n) is 1.40. The van der Waals surface area contributed by atoms with Crippen molar-refractivity contribution in [2.45, 2.75) is 0 Å². The number of nitrogens with two attached hydrogens (primary N) is 2. The van der Waals surface area contributed by atoms with Gasteiger partial charge in [0.05, 0.1) is 0 Å². The molecular formula is C14H15N3O4. The zero-order chi connectivity index (χ0) is 15.8. The zero-order valence-electron chi connectivity index (χ0n) is 11.0. The van der Waals surface area contributed by atoms with Crippen molar-refractivity contribution in [2.24, 2.45) is 0 Å². The van der Waals surface area contributed by atoms with E-state index in [2.05, 4.69) is 5.32 Å². The second-order valence-corrected chi connectivity index (χ2v) is 3.98. The van der Waals surface area contributed by atoms with Gasteiger partial charge in [-0.25, -0.2) is 4.79 Å². The second kappa shape index (κ2) is 7.39. The number of benzene rings is 2. The molecular weight excluding hydrogens is 274 g/mol. The maximum Gasteiger partial charge on any atom is 0.503 e. The van der Waals surface area contributed by atoms with Crippen LogP contribution in [0.15, 0.2) is 48.5 Å². The first-order chi connectivity index (χ1) is 9.88. The predicted octanol–water partition coefficient (Wildman–Crippen LogP) is 2.33. The Morgan fingerprint density at radius 3 is 1.62 bits per heavy atom. The van der Waals surface area contributed by atoms with Crippen LogP contribution in [0.1, 0.15) is 10.4 Å². The average molecular weight is 289 g/mol. The lowest BCUT2D eigenvalue weighted by molar-refractivity contribution is 0.102. The van der Waals surface area contributed by atoms with Crippen LogP contribution in [0.25, 0.3) is 0 Å². The molecule has 2 rings (SSSR count). The number of anilines is 3. The zero-order valence-corrected chi connectivity index (χ0v) is 11.0. The molecule has 0 aliphatic heterocycles. The lowest BCUT2D eigenvalue weighted by atomic mass is 10.2. The van der Waals surface area contributed by atoms with Gasteiger partial charge in [-0.1, -0.05) is 0 Å². The van der Waals surface area contributed by atoms with Gasteiger partial charge in [-0.05, 0) is 48.5 Å². The normalized spacial score (nSPS) is 9.14. The van der Waals surface area contributed by atoms with Crippen LogP contribution < -0.4 is 16.8 Å². The van der Waals surface area contributed by atoms with Crippen LogP contribution >= 0.6 is 0 Å². The Hall–Kier alpha value is -3.22. The number of nitrogens with one attached hydrogen (secondary N) is 1. The number of hydrogen-bond donors (Lipinski definition) is 5. The molecule has 0 fully saturated rings. The van der Waals surface area contributed by atoms with Crippen molar-refractivity contribution in [2.75, 3.05) is 16.8 Å². The summed E-state index contributed by atoms with van der Waals surface area (Å²) in [4.78, 5) is 20.4. The molecule has 0 heterocycles. The van der Waals surface area contributed by atoms with Crippen molar-refractivity contribution < 1.29 is 19.8 Å². The highest BCUT2D eigenvalue weighted by Gasteiger charge is 2.05. The van der Waals surface area contributed by atoms with E-state index in [1.807, 2.05) is 0 Å². The molecule has 2 aromatic carbocycles. The third-order valence-corrected chi connectivity index (χ3v) is 2.34. The number of hydrogen-bond acceptors (Lipinski definition) is 4. The predicted molar refractivity (Wildman–Crippen MR) is 80.3 cm³/mol. The summed E-state index contributed by atoms with van der Waals surface area (Å²) in [5, 5.41) is 16.7. The molecule has 0 saturated carbocycles. The van der Waals surface area contributed by atoms with Gasteiger partial charge in [0.15, 0.2) is 0 Å². The summed E-state index contributed by atoms with van der Waals surface area (Å²) in [5.74, 6) is -0.172. The lowest BCUT2D eigenvalue weighted by Gasteiger charge is -2.05. The Morgan fingerprint density at radius 2 is 1.19 bits per heavy atom. The molecule has 21 heavy (non-hydrogen) atoms. The third kappa shape index (κ3) is 5.97. The van der Waals surface area contributed by atoms with Crippen molar-refractivity contribution in [3.8, 4) is 0 Å². The molecule has 0 bridgehead atoms. The van der Waals surface area contributed by atoms with E-state index >= 15 is 0 Å². The smallest absolute Gasteiger partial charge is 0.450 e. The maximum absolute atomic E-state index is 11.8. The number of carbonyl (C=O) groups is 2. The van der Waals surface area contributed by atoms with Crippen LogP contribution in [0.4, 0.5) is 21.9 Å². The SMILES string of the molecule is Nc1ccc(NC(=O)c2ccc(N)cc2)cc1.O=C(O)O. The van der Waals surface area contributed by atoms with Crippen LogP contribution in [0, 0.1) is 0 Å². The summed E-state index contributed by atoms with van der Waals surface area (Å²) >= 11 is 0. The number of carbonyl (C=O) groups excluding carboxylic acids is 1. The summed E-state index contributed by atoms with van der Waals surface area (Å²) in [7, 11) is 0. The fourth-order valence-corrected chi connectivity index (χ4v) is 1.40. The van der Waals surface area contributed by atoms with E-state index in [1.165, 1.54) is 0 Å². The van der Waals surface area contributed by atoms with Gasteiger partial charge >= 0.3 is 6.16 Å². The van der Waals surface area contributed by atoms with Gasteiger partial charge in [-0.3, -0.25) is 4.79 Å². The minimum atomic E-state index is -1.83. The Labute approximate surface area is 120 Å². The highest BCUT2D eigenvalue weighted by Crippen LogP contribution is 2.13. The van der Waals surface area contributed by atoms with Gasteiger partial charge in [0.25, 0.3) is 5.91 Å². The van der Waals surface area contributed by atoms with Crippen LogP contribution in [0.3, 0.4) is 0 Å². The Balaban J connectivity index is 0.000000491. The highest BCUT2D eigenvalue weighted by atomic mass is 16.6. The third-order valence-electron chi connectivity index (χ3n) is 2.34. The quantitative estimate of drug-likeness (QED) is 0.538. The molecule has 2 aromatic rings. The minimum Gasteiger partial charge on any atom is -0.450 e. The molecule has 0 saturated heterocycles. The summed E-state index contributed by atoms with van der Waals surface area (Å²) in [5.41, 5.74) is 13.7. The molecule has 0 aliphatic carbocycles. The molecule has 0 spiro atoms. The molecule has 0 aromatic heterocycles. The van der Waals surface area contributed by atoms with Crippen molar-refractivity contribution >= 4 is 29.1 Å². The fraction of sp³-hybridized carbons (Fsp3) is 0. The van der Waals surface area contributed by atoms with Gasteiger partial charge in [0.2, 0.25) is 0 Å². The number of rotatable bonds is 2. The first kappa shape index (κ1) is 15.8. The molecule has 7 N–H and O–H groups in total. The minimum absolute atomic E-state index is 0.172. The summed E-state index contributed by atoms with van der Waals surface area (Å²) in [6.45, 7) is 0. The van der Waals surface area contributed by atoms with E-state index in [0.29, 0.717) is 22.6 Å². The van der Waals surface area contributed by atoms with Gasteiger partial charge < -0.3 is 27.0 Å². The van der Waals surface area contributed by atoms with Crippen molar-refractivity contribution in [1.82, 2.24) is 0 Å². The first-order valence-corrected chi connectivity index (χ1v) is 5.83. The second-order valence-electron chi connectivity index (χ2n) is 3.98. The largest absolute Gasteiger partial charge is 0.503 e. The monoisotopic (exact) mass is 289 g/mol. The standard InChI is InChI=1S/C13H13N3O.CH2O3/c14-10-3-1-9(2-4-10)13(17)16-12-7-5-11(15)6-8-12;2-1(3)4/h1-8H,14-15H2,(H,16,17);(H2,2,3,4). The van der Waals surface area contributed by atoms with Gasteiger partial charge in [-0.2, -0.15) is 0 Å². The first-order valence-electron chi connectivity index (χ1n) is 5.83. The summed E-state index contributed by atoms with van der Waals surface area (Å²) < 4.78 is 0. The molecule has 110 valence electrons. The summed E-state index contributed by atoms with van der Waals surface area (Å²) in [6, 6.07) is 13.7. The molecule has 7 heteroatoms. The van der Waals surface area contributed by atoms with Crippen molar-refractivity contribution in [3.63, 3.8) is 0 Å². The molecule has 0 atom stereocenters. The molecule has 0 unspecified atom stereocenters. The molecule has 7 nitrogen and oxygen atoms in total. The number of carboxylic acid groups (broad SMARTS) is 2. The van der Waals surface area contributed by atoms with E-state index in [9.17, 15) is 4.79 Å². The number of nitrogen functional groups attached to an aromatic ring is 2. The average Bonchev–Trinajstić information content (AvgIpc) is 2.41. The van der Waals surface area contributed by atoms with Crippen LogP contribution in [0.2, 0.25) is 0 Å². The topological polar surface area (TPSA) is 139 Å². The van der Waals surface area contributed by atoms with E-state index in [1.54, 1.807) is 48.5 Å². The molecule has 0 radical (unpaired) electrons. The van der Waals surface area contributed by atoms with Crippen molar-refractivity contribution in [1.29, 1.82) is 0 Å². The van der Waals surface area contributed by atoms with Crippen LogP contribution in [0.5, 0.6) is 0 Å². The summed E-state index contributed by atoms with van der Waals surface area (Å²) in [6.07, 6.45) is -1.83. The van der Waals surface area contributed by atoms with Gasteiger partial charge in [0.1, 0.15) is 0 Å². The number of amides is 1. The Kier molecular flexibility index (Phi) is 5.57. The Bertz CT molecular complexity index is 605. The van der Waals surface area contributed by atoms with Gasteiger partial charge in [0, 0.05) is 22.6 Å². The van der Waals surface area contributed by atoms with Crippen LogP contribution in [-0.2, 0) is 0 Å². The van der Waals surface area contributed by atoms with E-state index in [-0.39, 0.29) is 5.91 Å². The lowest BCUT2D eigenvalue weighted by Crippen LogP contribution is -2.11. The van der Waals surface area contributed by atoms with Crippen LogP contribution in [-0.4, -0.2) is 22.3 Å². The van der Waals surface area contributed by atoms with E-state index in [4.69, 9.17) is 26.5 Å². The Morgan fingerprint density at radius 1 is 0.810 bits per heavy atom. The van der Waals surface area contributed by atoms with Crippen molar-refractivity contribution in [3.05, 3.63) is 54.1 Å². The maximum atomic E-state index is 11.8. The molecule has 0 aliphatic rings. The highest BCUT2D eigenvalue weighted by molar-refractivity contribution is 6.04. The van der Waals surface area contributed by atoms with E-state index in [0.717, 1.165) is 0 Å². The van der Waals surface area contributed by atoms with Gasteiger partial charge in [-0.15, -0.1) is 0 Å².